The highest BCUT2D eigenvalue weighted by atomic mass is 19.4. The van der Waals surface area contributed by atoms with E-state index in [1.54, 1.807) is 6.07 Å². The molecule has 0 saturated carbocycles. The quantitative estimate of drug-likeness (QED) is 0.877. The lowest BCUT2D eigenvalue weighted by Crippen LogP contribution is -2.55. The third-order valence-corrected chi connectivity index (χ3v) is 3.77. The number of nitrogens with zero attached hydrogens (tertiary/aromatic N) is 2. The van der Waals surface area contributed by atoms with E-state index >= 15 is 0 Å². The molecule has 122 valence electrons. The number of piperidine rings is 1. The van der Waals surface area contributed by atoms with Crippen molar-refractivity contribution in [3.05, 3.63) is 29.6 Å². The fourth-order valence-corrected chi connectivity index (χ4v) is 2.34. The van der Waals surface area contributed by atoms with Gasteiger partial charge in [0, 0.05) is 31.6 Å². The Morgan fingerprint density at radius 2 is 2.05 bits per heavy atom. The summed E-state index contributed by atoms with van der Waals surface area (Å²) in [6.07, 6.45) is -5.68. The van der Waals surface area contributed by atoms with Crippen molar-refractivity contribution >= 4 is 6.03 Å². The molecule has 8 heteroatoms. The van der Waals surface area contributed by atoms with Crippen LogP contribution in [0.5, 0.6) is 0 Å². The second-order valence-corrected chi connectivity index (χ2v) is 5.45. The highest BCUT2D eigenvalue weighted by Crippen LogP contribution is 2.38. The lowest BCUT2D eigenvalue weighted by molar-refractivity contribution is -0.271. The summed E-state index contributed by atoms with van der Waals surface area (Å²) in [5.74, 6) is 0. The normalized spacial score (nSPS) is 18.1. The summed E-state index contributed by atoms with van der Waals surface area (Å²) in [5, 5.41) is 12.2. The molecule has 22 heavy (non-hydrogen) atoms. The van der Waals surface area contributed by atoms with Crippen molar-refractivity contribution in [2.45, 2.75) is 38.1 Å². The van der Waals surface area contributed by atoms with Crippen molar-refractivity contribution in [1.82, 2.24) is 15.2 Å². The van der Waals surface area contributed by atoms with Gasteiger partial charge in [-0.2, -0.15) is 13.2 Å². The van der Waals surface area contributed by atoms with Gasteiger partial charge in [0.15, 0.2) is 5.60 Å². The number of amides is 2. The maximum absolute atomic E-state index is 12.7. The molecule has 2 amide bonds. The lowest BCUT2D eigenvalue weighted by Gasteiger charge is -2.38. The zero-order valence-corrected chi connectivity index (χ0v) is 12.2. The smallest absolute Gasteiger partial charge is 0.380 e. The van der Waals surface area contributed by atoms with Gasteiger partial charge >= 0.3 is 12.2 Å². The van der Waals surface area contributed by atoms with Gasteiger partial charge in [-0.3, -0.25) is 4.98 Å². The number of aromatic nitrogens is 1. The number of hydrogen-bond acceptors (Lipinski definition) is 3. The molecule has 2 rings (SSSR count). The molecule has 0 aliphatic carbocycles. The number of carbonyl (C=O) groups is 1. The first-order chi connectivity index (χ1) is 10.2. The maximum Gasteiger partial charge on any atom is 0.417 e. The number of pyridine rings is 1. The number of aliphatic hydroxyl groups is 1. The van der Waals surface area contributed by atoms with E-state index in [4.69, 9.17) is 0 Å². The Hall–Kier alpha value is -1.83. The van der Waals surface area contributed by atoms with Gasteiger partial charge in [0.1, 0.15) is 0 Å². The van der Waals surface area contributed by atoms with Gasteiger partial charge in [-0.25, -0.2) is 4.79 Å². The van der Waals surface area contributed by atoms with Crippen molar-refractivity contribution in [2.24, 2.45) is 0 Å². The molecule has 1 aromatic heterocycles. The molecule has 0 aromatic carbocycles. The minimum absolute atomic E-state index is 0.136. The van der Waals surface area contributed by atoms with Gasteiger partial charge < -0.3 is 15.3 Å². The molecule has 0 bridgehead atoms. The molecule has 1 fully saturated rings. The summed E-state index contributed by atoms with van der Waals surface area (Å²) < 4.78 is 38.1. The Balaban J connectivity index is 1.85. The average molecular weight is 317 g/mol. The molecule has 0 atom stereocenters. The van der Waals surface area contributed by atoms with Crippen LogP contribution in [0.2, 0.25) is 0 Å². The van der Waals surface area contributed by atoms with E-state index < -0.39 is 30.7 Å². The lowest BCUT2D eigenvalue weighted by atomic mass is 9.91. The highest BCUT2D eigenvalue weighted by molar-refractivity contribution is 5.74. The number of aryl methyl sites for hydroxylation is 1. The summed E-state index contributed by atoms with van der Waals surface area (Å²) in [5.41, 5.74) is -1.20. The van der Waals surface area contributed by atoms with Crippen LogP contribution < -0.4 is 5.32 Å². The van der Waals surface area contributed by atoms with Crippen LogP contribution in [-0.2, 0) is 6.54 Å². The Morgan fingerprint density at radius 3 is 2.59 bits per heavy atom. The number of halogens is 3. The largest absolute Gasteiger partial charge is 0.417 e. The predicted octanol–water partition coefficient (Wildman–Crippen LogP) is 1.99. The Kier molecular flexibility index (Phi) is 4.60. The summed E-state index contributed by atoms with van der Waals surface area (Å²) in [6, 6.07) is 4.95. The van der Waals surface area contributed by atoms with E-state index in [0.29, 0.717) is 5.69 Å². The van der Waals surface area contributed by atoms with E-state index in [1.165, 1.54) is 4.90 Å². The van der Waals surface area contributed by atoms with Crippen LogP contribution in [0.3, 0.4) is 0 Å². The molecule has 1 aliphatic heterocycles. The van der Waals surface area contributed by atoms with Gasteiger partial charge in [0.2, 0.25) is 0 Å². The number of urea groups is 1. The molecule has 2 heterocycles. The zero-order valence-electron chi connectivity index (χ0n) is 12.2. The fraction of sp³-hybridized carbons (Fsp3) is 0.571. The van der Waals surface area contributed by atoms with E-state index in [-0.39, 0.29) is 19.6 Å². The Bertz CT molecular complexity index is 540. The van der Waals surface area contributed by atoms with Gasteiger partial charge in [0.05, 0.1) is 12.2 Å². The summed E-state index contributed by atoms with van der Waals surface area (Å²) >= 11 is 0. The number of hydrogen-bond donors (Lipinski definition) is 2. The van der Waals surface area contributed by atoms with E-state index in [0.717, 1.165) is 5.69 Å². The highest BCUT2D eigenvalue weighted by Gasteiger charge is 2.54. The third kappa shape index (κ3) is 3.68. The Labute approximate surface area is 126 Å². The minimum atomic E-state index is -4.67. The first-order valence-electron chi connectivity index (χ1n) is 6.96. The van der Waals surface area contributed by atoms with E-state index in [1.807, 2.05) is 19.1 Å². The third-order valence-electron chi connectivity index (χ3n) is 3.77. The molecule has 1 aromatic rings. The monoisotopic (exact) mass is 317 g/mol. The summed E-state index contributed by atoms with van der Waals surface area (Å²) in [6.45, 7) is 1.76. The first-order valence-corrected chi connectivity index (χ1v) is 6.96. The van der Waals surface area contributed by atoms with Crippen molar-refractivity contribution in [1.29, 1.82) is 0 Å². The second-order valence-electron chi connectivity index (χ2n) is 5.45. The maximum atomic E-state index is 12.7. The SMILES string of the molecule is Cc1cccc(CNC(=O)N2CCC(O)(C(F)(F)F)CC2)n1. The van der Waals surface area contributed by atoms with Gasteiger partial charge in [-0.15, -0.1) is 0 Å². The molecule has 0 unspecified atom stereocenters. The molecule has 1 aliphatic rings. The van der Waals surface area contributed by atoms with Crippen LogP contribution in [-0.4, -0.2) is 45.9 Å². The van der Waals surface area contributed by atoms with Gasteiger partial charge in [-0.1, -0.05) is 6.07 Å². The number of rotatable bonds is 2. The van der Waals surface area contributed by atoms with Crippen LogP contribution in [0.25, 0.3) is 0 Å². The predicted molar refractivity (Wildman–Crippen MR) is 73.0 cm³/mol. The number of nitrogens with one attached hydrogen (secondary N) is 1. The van der Waals surface area contributed by atoms with Crippen molar-refractivity contribution in [2.75, 3.05) is 13.1 Å². The van der Waals surface area contributed by atoms with Crippen molar-refractivity contribution in [3.63, 3.8) is 0 Å². The molecular formula is C14H18F3N3O2. The molecule has 2 N–H and O–H groups in total. The summed E-state index contributed by atoms with van der Waals surface area (Å²) in [4.78, 5) is 17.4. The second kappa shape index (κ2) is 6.12. The molecule has 0 radical (unpaired) electrons. The van der Waals surface area contributed by atoms with Crippen molar-refractivity contribution < 1.29 is 23.1 Å². The van der Waals surface area contributed by atoms with Crippen LogP contribution in [0.1, 0.15) is 24.2 Å². The number of alkyl halides is 3. The standard InChI is InChI=1S/C14H18F3N3O2/c1-10-3-2-4-11(19-10)9-18-12(21)20-7-5-13(22,6-8-20)14(15,16)17/h2-4,22H,5-9H2,1H3,(H,18,21). The van der Waals surface area contributed by atoms with E-state index in [2.05, 4.69) is 10.3 Å². The van der Waals surface area contributed by atoms with Crippen LogP contribution in [0, 0.1) is 6.92 Å². The van der Waals surface area contributed by atoms with Crippen LogP contribution >= 0.6 is 0 Å². The topological polar surface area (TPSA) is 65.5 Å². The van der Waals surface area contributed by atoms with Crippen LogP contribution in [0.15, 0.2) is 18.2 Å². The average Bonchev–Trinajstić information content (AvgIpc) is 2.44. The molecular weight excluding hydrogens is 299 g/mol. The van der Waals surface area contributed by atoms with Crippen LogP contribution in [0.4, 0.5) is 18.0 Å². The van der Waals surface area contributed by atoms with Gasteiger partial charge in [0.25, 0.3) is 0 Å². The van der Waals surface area contributed by atoms with E-state index in [9.17, 15) is 23.1 Å². The Morgan fingerprint density at radius 1 is 1.41 bits per heavy atom. The molecule has 0 spiro atoms. The number of likely N-dealkylation sites (tertiary alicyclic amines) is 1. The summed E-state index contributed by atoms with van der Waals surface area (Å²) in [7, 11) is 0. The minimum Gasteiger partial charge on any atom is -0.380 e. The number of carbonyl (C=O) groups excluding carboxylic acids is 1. The zero-order chi connectivity index (χ0) is 16.4. The first kappa shape index (κ1) is 16.5. The van der Waals surface area contributed by atoms with Crippen molar-refractivity contribution in [3.8, 4) is 0 Å². The molecule has 1 saturated heterocycles. The van der Waals surface area contributed by atoms with Gasteiger partial charge in [-0.05, 0) is 19.1 Å². The molecule has 5 nitrogen and oxygen atoms in total. The fourth-order valence-electron chi connectivity index (χ4n) is 2.34.